The highest BCUT2D eigenvalue weighted by Crippen LogP contribution is 2.09. The molecule has 6 N–H and O–H groups in total. The van der Waals surface area contributed by atoms with Gasteiger partial charge in [0.25, 0.3) is 0 Å². The van der Waals surface area contributed by atoms with Crippen LogP contribution >= 0.6 is 0 Å². The quantitative estimate of drug-likeness (QED) is 0.396. The molecule has 0 saturated carbocycles. The molecular formula is C14H23N5O. The summed E-state index contributed by atoms with van der Waals surface area (Å²) in [6, 6.07) is -0.569. The minimum atomic E-state index is -0.569. The molecule has 1 saturated heterocycles. The zero-order valence-corrected chi connectivity index (χ0v) is 11.6. The van der Waals surface area contributed by atoms with Gasteiger partial charge in [-0.25, -0.2) is 0 Å². The van der Waals surface area contributed by atoms with Crippen molar-refractivity contribution in [1.82, 2.24) is 10.2 Å². The monoisotopic (exact) mass is 277 g/mol. The van der Waals surface area contributed by atoms with Crippen molar-refractivity contribution in [3.63, 3.8) is 0 Å². The molecular weight excluding hydrogens is 254 g/mol. The van der Waals surface area contributed by atoms with E-state index in [1.54, 1.807) is 29.2 Å². The summed E-state index contributed by atoms with van der Waals surface area (Å²) in [5.41, 5.74) is 12.2. The predicted molar refractivity (Wildman–Crippen MR) is 81.4 cm³/mol. The lowest BCUT2D eigenvalue weighted by atomic mass is 10.0. The fourth-order valence-corrected chi connectivity index (χ4v) is 2.00. The maximum Gasteiger partial charge on any atom is 0.239 e. The molecule has 0 radical (unpaired) electrons. The molecule has 0 bridgehead atoms. The summed E-state index contributed by atoms with van der Waals surface area (Å²) in [6.07, 6.45) is 9.87. The molecule has 6 heteroatoms. The van der Waals surface area contributed by atoms with Crippen molar-refractivity contribution in [1.29, 1.82) is 5.41 Å². The average Bonchev–Trinajstić information content (AvgIpc) is 2.49. The Bertz CT molecular complexity index is 408. The third-order valence-corrected chi connectivity index (χ3v) is 3.03. The van der Waals surface area contributed by atoms with Crippen LogP contribution in [0, 0.1) is 5.41 Å². The normalized spacial score (nSPS) is 18.6. The topological polar surface area (TPSA) is 108 Å². The lowest BCUT2D eigenvalue weighted by Crippen LogP contribution is -2.51. The third kappa shape index (κ3) is 5.38. The van der Waals surface area contributed by atoms with Crippen molar-refractivity contribution in [3.8, 4) is 0 Å². The number of rotatable bonds is 6. The zero-order chi connectivity index (χ0) is 14.8. The van der Waals surface area contributed by atoms with Gasteiger partial charge < -0.3 is 27.1 Å². The van der Waals surface area contributed by atoms with Gasteiger partial charge in [0.15, 0.2) is 0 Å². The average molecular weight is 277 g/mol. The Morgan fingerprint density at radius 1 is 1.35 bits per heavy atom. The van der Waals surface area contributed by atoms with Crippen LogP contribution in [0.25, 0.3) is 0 Å². The van der Waals surface area contributed by atoms with Gasteiger partial charge in [0.05, 0.1) is 6.04 Å². The molecule has 1 rings (SSSR count). The van der Waals surface area contributed by atoms with Crippen molar-refractivity contribution < 1.29 is 4.79 Å². The highest BCUT2D eigenvalue weighted by molar-refractivity contribution is 5.82. The van der Waals surface area contributed by atoms with E-state index in [1.165, 1.54) is 12.4 Å². The number of carbonyl (C=O) groups excluding carboxylic acids is 1. The second-order valence-electron chi connectivity index (χ2n) is 4.54. The Balaban J connectivity index is 2.64. The van der Waals surface area contributed by atoms with E-state index < -0.39 is 6.04 Å². The SMILES string of the molecule is N=C/C=C/C(=C\C=C\N)CC(N)C(=O)N1CCNCC1. The van der Waals surface area contributed by atoms with Crippen LogP contribution < -0.4 is 16.8 Å². The minimum Gasteiger partial charge on any atom is -0.405 e. The Labute approximate surface area is 119 Å². The van der Waals surface area contributed by atoms with Gasteiger partial charge in [-0.1, -0.05) is 12.2 Å². The summed E-state index contributed by atoms with van der Waals surface area (Å²) >= 11 is 0. The lowest BCUT2D eigenvalue weighted by molar-refractivity contribution is -0.133. The van der Waals surface area contributed by atoms with Crippen LogP contribution in [0.1, 0.15) is 6.42 Å². The highest BCUT2D eigenvalue weighted by atomic mass is 16.2. The number of nitrogens with two attached hydrogens (primary N) is 2. The molecule has 0 aliphatic carbocycles. The van der Waals surface area contributed by atoms with E-state index in [4.69, 9.17) is 16.9 Å². The van der Waals surface area contributed by atoms with E-state index in [2.05, 4.69) is 5.32 Å². The molecule has 0 spiro atoms. The first-order chi connectivity index (χ1) is 9.69. The standard InChI is InChI=1S/C14H23N5O/c15-5-1-3-12(4-2-6-16)11-13(17)14(20)19-9-7-18-8-10-19/h1-6,13,15,18H,7-11,16-17H2/b3-1+,6-2+,12-4+,15-5?. The molecule has 1 atom stereocenters. The van der Waals surface area contributed by atoms with Crippen LogP contribution in [0.4, 0.5) is 0 Å². The minimum absolute atomic E-state index is 0.0302. The fourth-order valence-electron chi connectivity index (χ4n) is 2.00. The summed E-state index contributed by atoms with van der Waals surface area (Å²) < 4.78 is 0. The van der Waals surface area contributed by atoms with Gasteiger partial charge in [0, 0.05) is 32.4 Å². The highest BCUT2D eigenvalue weighted by Gasteiger charge is 2.22. The second-order valence-corrected chi connectivity index (χ2v) is 4.54. The maximum atomic E-state index is 12.2. The van der Waals surface area contributed by atoms with Crippen LogP contribution in [0.15, 0.2) is 36.1 Å². The number of hydrogen-bond acceptors (Lipinski definition) is 5. The number of nitrogens with one attached hydrogen (secondary N) is 2. The van der Waals surface area contributed by atoms with Crippen molar-refractivity contribution in [2.45, 2.75) is 12.5 Å². The Morgan fingerprint density at radius 2 is 2.05 bits per heavy atom. The van der Waals surface area contributed by atoms with Crippen molar-refractivity contribution in [2.75, 3.05) is 26.2 Å². The lowest BCUT2D eigenvalue weighted by Gasteiger charge is -2.29. The summed E-state index contributed by atoms with van der Waals surface area (Å²) in [5, 5.41) is 10.2. The largest absolute Gasteiger partial charge is 0.405 e. The van der Waals surface area contributed by atoms with Crippen LogP contribution in [0.3, 0.4) is 0 Å². The molecule has 1 aliphatic heterocycles. The van der Waals surface area contributed by atoms with E-state index in [-0.39, 0.29) is 5.91 Å². The van der Waals surface area contributed by atoms with Gasteiger partial charge in [0.1, 0.15) is 0 Å². The van der Waals surface area contributed by atoms with Crippen molar-refractivity contribution in [2.24, 2.45) is 11.5 Å². The number of carbonyl (C=O) groups is 1. The van der Waals surface area contributed by atoms with E-state index in [1.807, 2.05) is 0 Å². The number of hydrogen-bond donors (Lipinski definition) is 4. The van der Waals surface area contributed by atoms with E-state index in [0.717, 1.165) is 18.7 Å². The smallest absolute Gasteiger partial charge is 0.239 e. The van der Waals surface area contributed by atoms with E-state index >= 15 is 0 Å². The first-order valence-corrected chi connectivity index (χ1v) is 6.68. The molecule has 1 aliphatic rings. The van der Waals surface area contributed by atoms with Gasteiger partial charge in [-0.3, -0.25) is 4.79 Å². The van der Waals surface area contributed by atoms with E-state index in [9.17, 15) is 4.79 Å². The van der Waals surface area contributed by atoms with Crippen molar-refractivity contribution >= 4 is 12.1 Å². The molecule has 20 heavy (non-hydrogen) atoms. The Hall–Kier alpha value is -1.92. The molecule has 110 valence electrons. The Kier molecular flexibility index (Phi) is 7.31. The summed E-state index contributed by atoms with van der Waals surface area (Å²) in [5.74, 6) is -0.0302. The molecule has 0 aromatic carbocycles. The number of allylic oxidation sites excluding steroid dienone is 4. The first kappa shape index (κ1) is 16.1. The van der Waals surface area contributed by atoms with Gasteiger partial charge in [-0.15, -0.1) is 0 Å². The third-order valence-electron chi connectivity index (χ3n) is 3.03. The molecule has 0 aromatic rings. The van der Waals surface area contributed by atoms with Gasteiger partial charge in [-0.05, 0) is 30.3 Å². The molecule has 0 aromatic heterocycles. The first-order valence-electron chi connectivity index (χ1n) is 6.68. The summed E-state index contributed by atoms with van der Waals surface area (Å²) in [7, 11) is 0. The predicted octanol–water partition coefficient (Wildman–Crippen LogP) is -0.260. The summed E-state index contributed by atoms with van der Waals surface area (Å²) in [6.45, 7) is 3.02. The van der Waals surface area contributed by atoms with Gasteiger partial charge >= 0.3 is 0 Å². The van der Waals surface area contributed by atoms with Crippen LogP contribution in [0.2, 0.25) is 0 Å². The second kappa shape index (κ2) is 9.06. The Morgan fingerprint density at radius 3 is 2.65 bits per heavy atom. The zero-order valence-electron chi connectivity index (χ0n) is 11.6. The van der Waals surface area contributed by atoms with Crippen LogP contribution in [-0.4, -0.2) is 49.2 Å². The maximum absolute atomic E-state index is 12.2. The van der Waals surface area contributed by atoms with Crippen LogP contribution in [0.5, 0.6) is 0 Å². The number of amides is 1. The molecule has 1 unspecified atom stereocenters. The molecule has 1 fully saturated rings. The molecule has 6 nitrogen and oxygen atoms in total. The van der Waals surface area contributed by atoms with Gasteiger partial charge in [-0.2, -0.15) is 0 Å². The molecule has 1 amide bonds. The summed E-state index contributed by atoms with van der Waals surface area (Å²) in [4.78, 5) is 14.0. The molecule has 1 heterocycles. The van der Waals surface area contributed by atoms with Gasteiger partial charge in [0.2, 0.25) is 5.91 Å². The number of nitrogens with zero attached hydrogens (tertiary/aromatic N) is 1. The van der Waals surface area contributed by atoms with Crippen LogP contribution in [-0.2, 0) is 4.79 Å². The van der Waals surface area contributed by atoms with Crippen molar-refractivity contribution in [3.05, 3.63) is 36.1 Å². The number of piperazine rings is 1. The fraction of sp³-hybridized carbons (Fsp3) is 0.429. The van der Waals surface area contributed by atoms with E-state index in [0.29, 0.717) is 19.5 Å².